The number of hydrogen-bond donors (Lipinski definition) is 0. The zero-order valence-corrected chi connectivity index (χ0v) is 35.4. The third-order valence-corrected chi connectivity index (χ3v) is 12.8. The van der Waals surface area contributed by atoms with Crippen LogP contribution < -0.4 is 9.80 Å². The van der Waals surface area contributed by atoms with Gasteiger partial charge in [0.1, 0.15) is 0 Å². The van der Waals surface area contributed by atoms with Crippen LogP contribution in [0.25, 0.3) is 70.9 Å². The molecule has 0 aliphatic heterocycles. The Hall–Kier alpha value is -8.40. The van der Waals surface area contributed by atoms with Crippen LogP contribution in [0.3, 0.4) is 0 Å². The maximum Gasteiger partial charge on any atom is 0.0542 e. The van der Waals surface area contributed by atoms with Crippen LogP contribution >= 0.6 is 0 Å². The van der Waals surface area contributed by atoms with Crippen molar-refractivity contribution in [1.29, 1.82) is 0 Å². The summed E-state index contributed by atoms with van der Waals surface area (Å²) in [5, 5.41) is 9.68. The van der Waals surface area contributed by atoms with E-state index >= 15 is 0 Å². The van der Waals surface area contributed by atoms with Crippen LogP contribution in [0.15, 0.2) is 243 Å². The molecule has 1 aromatic heterocycles. The van der Waals surface area contributed by atoms with Crippen molar-refractivity contribution >= 4 is 88.2 Å². The fourth-order valence-corrected chi connectivity index (χ4v) is 9.74. The Morgan fingerprint density at radius 2 is 0.859 bits per heavy atom. The summed E-state index contributed by atoms with van der Waals surface area (Å²) in [6.45, 7) is 2.14. The van der Waals surface area contributed by atoms with Crippen LogP contribution in [0.1, 0.15) is 5.56 Å². The quantitative estimate of drug-likeness (QED) is 0.151. The minimum atomic E-state index is 1.10. The summed E-state index contributed by atoms with van der Waals surface area (Å²) in [5.74, 6) is 0. The molecule has 0 aliphatic carbocycles. The Morgan fingerprint density at radius 3 is 1.66 bits per heavy atom. The molecule has 0 fully saturated rings. The van der Waals surface area contributed by atoms with E-state index in [0.29, 0.717) is 0 Å². The molecule has 0 aliphatic rings. The van der Waals surface area contributed by atoms with Gasteiger partial charge in [-0.2, -0.15) is 0 Å². The predicted octanol–water partition coefficient (Wildman–Crippen LogP) is 17.2. The normalized spacial score (nSPS) is 11.5. The number of hydrogen-bond acceptors (Lipinski definition) is 2. The van der Waals surface area contributed by atoms with E-state index < -0.39 is 0 Å². The summed E-state index contributed by atoms with van der Waals surface area (Å²) in [4.78, 5) is 4.82. The summed E-state index contributed by atoms with van der Waals surface area (Å²) in [7, 11) is 0. The van der Waals surface area contributed by atoms with Crippen molar-refractivity contribution in [1.82, 2.24) is 4.57 Å². The molecular weight excluding hydrogens is 775 g/mol. The third-order valence-electron chi connectivity index (χ3n) is 12.8. The van der Waals surface area contributed by atoms with E-state index in [1.807, 2.05) is 0 Å². The highest BCUT2D eigenvalue weighted by Gasteiger charge is 2.21. The van der Waals surface area contributed by atoms with Crippen LogP contribution in [0.4, 0.5) is 34.1 Å². The van der Waals surface area contributed by atoms with Crippen LogP contribution in [0.5, 0.6) is 0 Å². The molecule has 12 rings (SSSR count). The summed E-state index contributed by atoms with van der Waals surface area (Å²) >= 11 is 0. The summed E-state index contributed by atoms with van der Waals surface area (Å²) in [5.41, 5.74) is 13.8. The zero-order chi connectivity index (χ0) is 42.6. The molecule has 0 atom stereocenters. The van der Waals surface area contributed by atoms with Crippen molar-refractivity contribution in [3.63, 3.8) is 0 Å². The average molecular weight is 818 g/mol. The molecule has 0 amide bonds. The molecule has 11 aromatic carbocycles. The standard InChI is InChI=1S/C61H43N3/c1-42-26-31-48(32-27-42)62(58-25-13-17-44-15-7-8-20-53(44)58)49-33-29-45(30-34-49)52-37-39-60(55-22-10-9-21-54(52)55)63(50-35-28-43-14-5-6-16-46(43)40-50)51-36-38-61-57(41-51)56-23-11-12-24-59(56)64(61)47-18-3-2-4-19-47/h2-41H,1H3. The van der Waals surface area contributed by atoms with Crippen molar-refractivity contribution in [2.24, 2.45) is 0 Å². The van der Waals surface area contributed by atoms with Gasteiger partial charge in [0.2, 0.25) is 0 Å². The molecular formula is C61H43N3. The van der Waals surface area contributed by atoms with Gasteiger partial charge in [0.25, 0.3) is 0 Å². The van der Waals surface area contributed by atoms with E-state index in [-0.39, 0.29) is 0 Å². The lowest BCUT2D eigenvalue weighted by Crippen LogP contribution is -2.11. The van der Waals surface area contributed by atoms with Crippen molar-refractivity contribution in [3.8, 4) is 16.8 Å². The van der Waals surface area contributed by atoms with E-state index in [2.05, 4.69) is 264 Å². The first-order chi connectivity index (χ1) is 31.7. The molecule has 3 nitrogen and oxygen atoms in total. The molecule has 0 radical (unpaired) electrons. The molecule has 0 unspecified atom stereocenters. The number of benzene rings is 11. The van der Waals surface area contributed by atoms with Gasteiger partial charge in [-0.05, 0) is 125 Å². The van der Waals surface area contributed by atoms with Crippen LogP contribution in [-0.2, 0) is 0 Å². The van der Waals surface area contributed by atoms with Gasteiger partial charge in [-0.3, -0.25) is 0 Å². The minimum absolute atomic E-state index is 1.10. The predicted molar refractivity (Wildman–Crippen MR) is 273 cm³/mol. The van der Waals surface area contributed by atoms with Gasteiger partial charge in [-0.1, -0.05) is 163 Å². The summed E-state index contributed by atoms with van der Waals surface area (Å²) in [6, 6.07) is 88.5. The molecule has 1 heterocycles. The molecule has 0 N–H and O–H groups in total. The maximum atomic E-state index is 2.44. The first-order valence-electron chi connectivity index (χ1n) is 22.0. The Morgan fingerprint density at radius 1 is 0.312 bits per heavy atom. The third kappa shape index (κ3) is 6.37. The van der Waals surface area contributed by atoms with Gasteiger partial charge in [0.05, 0.1) is 22.4 Å². The Labute approximate surface area is 372 Å². The Bertz CT molecular complexity index is 3670. The number of aryl methyl sites for hydroxylation is 1. The van der Waals surface area contributed by atoms with Crippen molar-refractivity contribution in [2.45, 2.75) is 6.92 Å². The second kappa shape index (κ2) is 15.5. The van der Waals surface area contributed by atoms with Crippen molar-refractivity contribution in [3.05, 3.63) is 248 Å². The van der Waals surface area contributed by atoms with Gasteiger partial charge in [0, 0.05) is 50.0 Å². The lowest BCUT2D eigenvalue weighted by Gasteiger charge is -2.28. The molecule has 0 saturated heterocycles. The smallest absolute Gasteiger partial charge is 0.0542 e. The van der Waals surface area contributed by atoms with E-state index in [9.17, 15) is 0 Å². The van der Waals surface area contributed by atoms with Crippen molar-refractivity contribution < 1.29 is 0 Å². The number of rotatable bonds is 8. The monoisotopic (exact) mass is 817 g/mol. The van der Waals surface area contributed by atoms with E-state index in [1.165, 1.54) is 70.8 Å². The van der Waals surface area contributed by atoms with Gasteiger partial charge in [0.15, 0.2) is 0 Å². The molecule has 64 heavy (non-hydrogen) atoms. The van der Waals surface area contributed by atoms with Crippen LogP contribution in [0.2, 0.25) is 0 Å². The number of para-hydroxylation sites is 2. The second-order valence-corrected chi connectivity index (χ2v) is 16.7. The summed E-state index contributed by atoms with van der Waals surface area (Å²) < 4.78 is 2.38. The molecule has 0 saturated carbocycles. The van der Waals surface area contributed by atoms with Gasteiger partial charge >= 0.3 is 0 Å². The molecule has 302 valence electrons. The largest absolute Gasteiger partial charge is 0.310 e. The fourth-order valence-electron chi connectivity index (χ4n) is 9.74. The van der Waals surface area contributed by atoms with Gasteiger partial charge in [-0.15, -0.1) is 0 Å². The number of nitrogens with zero attached hydrogens (tertiary/aromatic N) is 3. The highest BCUT2D eigenvalue weighted by molar-refractivity contribution is 6.12. The van der Waals surface area contributed by atoms with E-state index in [1.54, 1.807) is 0 Å². The lowest BCUT2D eigenvalue weighted by molar-refractivity contribution is 1.18. The van der Waals surface area contributed by atoms with Crippen LogP contribution in [0, 0.1) is 6.92 Å². The van der Waals surface area contributed by atoms with Crippen LogP contribution in [-0.4, -0.2) is 4.57 Å². The van der Waals surface area contributed by atoms with Crippen molar-refractivity contribution in [2.75, 3.05) is 9.80 Å². The first-order valence-corrected chi connectivity index (χ1v) is 22.0. The second-order valence-electron chi connectivity index (χ2n) is 16.7. The maximum absolute atomic E-state index is 2.44. The molecule has 0 bridgehead atoms. The SMILES string of the molecule is Cc1ccc(N(c2ccc(-c3ccc(N(c4ccc5ccccc5c4)c4ccc5c(c4)c4ccccc4n5-c4ccccc4)c4ccccc34)cc2)c2cccc3ccccc23)cc1. The first kappa shape index (κ1) is 37.4. The molecule has 0 spiro atoms. The minimum Gasteiger partial charge on any atom is -0.310 e. The molecule has 12 aromatic rings. The highest BCUT2D eigenvalue weighted by atomic mass is 15.1. The zero-order valence-electron chi connectivity index (χ0n) is 35.4. The number of anilines is 6. The number of fused-ring (bicyclic) bond motifs is 6. The Kier molecular flexibility index (Phi) is 9.05. The number of aromatic nitrogens is 1. The van der Waals surface area contributed by atoms with Gasteiger partial charge in [-0.25, -0.2) is 0 Å². The summed E-state index contributed by atoms with van der Waals surface area (Å²) in [6.07, 6.45) is 0. The lowest BCUT2D eigenvalue weighted by atomic mass is 9.95. The van der Waals surface area contributed by atoms with E-state index in [0.717, 1.165) is 39.8 Å². The topological polar surface area (TPSA) is 11.4 Å². The van der Waals surface area contributed by atoms with E-state index in [4.69, 9.17) is 0 Å². The Balaban J connectivity index is 1.01. The fraction of sp³-hybridized carbons (Fsp3) is 0.0164. The average Bonchev–Trinajstić information content (AvgIpc) is 3.69. The van der Waals surface area contributed by atoms with Gasteiger partial charge < -0.3 is 14.4 Å². The molecule has 3 heteroatoms. The highest BCUT2D eigenvalue weighted by Crippen LogP contribution is 2.46.